The monoisotopic (exact) mass is 377 g/mol. The summed E-state index contributed by atoms with van der Waals surface area (Å²) in [5.41, 5.74) is 0.715. The molecular weight excluding hydrogens is 357 g/mol. The highest BCUT2D eigenvalue weighted by atomic mass is 19.1. The Morgan fingerprint density at radius 3 is 2.39 bits per heavy atom. The van der Waals surface area contributed by atoms with Gasteiger partial charge in [0.15, 0.2) is 0 Å². The molecule has 3 heterocycles. The lowest BCUT2D eigenvalue weighted by atomic mass is 10.2. The number of nitrogens with one attached hydrogen (secondary N) is 1. The molecule has 1 N–H and O–H groups in total. The molecule has 6 nitrogen and oxygen atoms in total. The minimum Gasteiger partial charge on any atom is -0.353 e. The second kappa shape index (κ2) is 8.04. The van der Waals surface area contributed by atoms with E-state index in [0.29, 0.717) is 37.6 Å². The molecule has 142 valence electrons. The van der Waals surface area contributed by atoms with Crippen molar-refractivity contribution in [1.82, 2.24) is 14.9 Å². The zero-order valence-corrected chi connectivity index (χ0v) is 15.3. The van der Waals surface area contributed by atoms with Gasteiger partial charge in [-0.2, -0.15) is 0 Å². The van der Waals surface area contributed by atoms with Crippen molar-refractivity contribution < 1.29 is 9.18 Å². The maximum Gasteiger partial charge on any atom is 0.257 e. The molecule has 28 heavy (non-hydrogen) atoms. The Balaban J connectivity index is 1.48. The molecule has 1 aliphatic rings. The second-order valence-corrected chi connectivity index (χ2v) is 6.47. The average molecular weight is 377 g/mol. The van der Waals surface area contributed by atoms with E-state index in [1.54, 1.807) is 47.6 Å². The average Bonchev–Trinajstić information content (AvgIpc) is 2.76. The van der Waals surface area contributed by atoms with Crippen LogP contribution in [0.1, 0.15) is 10.4 Å². The standard InChI is InChI=1S/C21H20FN5O/c22-17-7-1-2-8-18(17)25-20-16(6-5-11-24-20)21(28)27-14-12-26(13-15-27)19-9-3-4-10-23-19/h1-11H,12-15H2,(H,24,25). The van der Waals surface area contributed by atoms with Crippen molar-refractivity contribution in [1.29, 1.82) is 0 Å². The number of aromatic nitrogens is 2. The third-order valence-electron chi connectivity index (χ3n) is 4.71. The molecule has 1 amide bonds. The highest BCUT2D eigenvalue weighted by molar-refractivity contribution is 5.99. The second-order valence-electron chi connectivity index (χ2n) is 6.47. The maximum atomic E-state index is 14.0. The van der Waals surface area contributed by atoms with Crippen molar-refractivity contribution >= 4 is 23.2 Å². The van der Waals surface area contributed by atoms with E-state index < -0.39 is 5.82 Å². The van der Waals surface area contributed by atoms with Gasteiger partial charge in [0.1, 0.15) is 17.5 Å². The minimum absolute atomic E-state index is 0.118. The first-order valence-corrected chi connectivity index (χ1v) is 9.14. The van der Waals surface area contributed by atoms with Crippen molar-refractivity contribution in [2.45, 2.75) is 0 Å². The van der Waals surface area contributed by atoms with Crippen LogP contribution in [-0.4, -0.2) is 47.0 Å². The predicted octanol–water partition coefficient (Wildman–Crippen LogP) is 3.32. The molecule has 7 heteroatoms. The molecule has 1 saturated heterocycles. The van der Waals surface area contributed by atoms with Crippen molar-refractivity contribution in [3.8, 4) is 0 Å². The Morgan fingerprint density at radius 2 is 1.64 bits per heavy atom. The number of carbonyl (C=O) groups excluding carboxylic acids is 1. The summed E-state index contributed by atoms with van der Waals surface area (Å²) in [6, 6.07) is 15.6. The van der Waals surface area contributed by atoms with Gasteiger partial charge in [-0.1, -0.05) is 18.2 Å². The number of para-hydroxylation sites is 1. The van der Waals surface area contributed by atoms with Crippen LogP contribution in [0.4, 0.5) is 21.7 Å². The van der Waals surface area contributed by atoms with Crippen LogP contribution in [0.5, 0.6) is 0 Å². The summed E-state index contributed by atoms with van der Waals surface area (Å²) in [5.74, 6) is 0.755. The van der Waals surface area contributed by atoms with E-state index in [0.717, 1.165) is 5.82 Å². The lowest BCUT2D eigenvalue weighted by Crippen LogP contribution is -2.49. The van der Waals surface area contributed by atoms with Crippen LogP contribution in [0.3, 0.4) is 0 Å². The van der Waals surface area contributed by atoms with E-state index in [1.807, 2.05) is 18.2 Å². The van der Waals surface area contributed by atoms with Crippen LogP contribution in [-0.2, 0) is 0 Å². The summed E-state index contributed by atoms with van der Waals surface area (Å²) < 4.78 is 14.0. The molecule has 1 aromatic carbocycles. The van der Waals surface area contributed by atoms with E-state index >= 15 is 0 Å². The summed E-state index contributed by atoms with van der Waals surface area (Å²) >= 11 is 0. The van der Waals surface area contributed by atoms with Gasteiger partial charge in [-0.3, -0.25) is 4.79 Å². The first-order valence-electron chi connectivity index (χ1n) is 9.14. The zero-order valence-electron chi connectivity index (χ0n) is 15.3. The van der Waals surface area contributed by atoms with Crippen molar-refractivity contribution in [3.63, 3.8) is 0 Å². The molecule has 3 aromatic rings. The number of carbonyl (C=O) groups is 1. The molecule has 4 rings (SSSR count). The van der Waals surface area contributed by atoms with E-state index in [2.05, 4.69) is 20.2 Å². The SMILES string of the molecule is O=C(c1cccnc1Nc1ccccc1F)N1CCN(c2ccccn2)CC1. The highest BCUT2D eigenvalue weighted by Gasteiger charge is 2.25. The molecule has 0 saturated carbocycles. The summed E-state index contributed by atoms with van der Waals surface area (Å²) in [6.45, 7) is 2.59. The third kappa shape index (κ3) is 3.78. The minimum atomic E-state index is -0.393. The zero-order chi connectivity index (χ0) is 19.3. The molecule has 0 spiro atoms. The van der Waals surface area contributed by atoms with Crippen LogP contribution >= 0.6 is 0 Å². The summed E-state index contributed by atoms with van der Waals surface area (Å²) in [6.07, 6.45) is 3.35. The molecule has 0 unspecified atom stereocenters. The van der Waals surface area contributed by atoms with Crippen LogP contribution in [0.15, 0.2) is 67.0 Å². The Labute approximate surface area is 162 Å². The normalized spacial score (nSPS) is 14.0. The number of hydrogen-bond acceptors (Lipinski definition) is 5. The van der Waals surface area contributed by atoms with Crippen LogP contribution in [0.2, 0.25) is 0 Å². The topological polar surface area (TPSA) is 61.4 Å². The molecule has 2 aromatic heterocycles. The van der Waals surface area contributed by atoms with Crippen molar-refractivity contribution in [3.05, 3.63) is 78.4 Å². The van der Waals surface area contributed by atoms with Gasteiger partial charge in [-0.25, -0.2) is 14.4 Å². The van der Waals surface area contributed by atoms with Crippen LogP contribution < -0.4 is 10.2 Å². The lowest BCUT2D eigenvalue weighted by molar-refractivity contribution is 0.0747. The van der Waals surface area contributed by atoms with Gasteiger partial charge in [0.25, 0.3) is 5.91 Å². The van der Waals surface area contributed by atoms with Gasteiger partial charge < -0.3 is 15.1 Å². The Hall–Kier alpha value is -3.48. The quantitative estimate of drug-likeness (QED) is 0.756. The van der Waals surface area contributed by atoms with Crippen LogP contribution in [0.25, 0.3) is 0 Å². The van der Waals surface area contributed by atoms with Crippen molar-refractivity contribution in [2.24, 2.45) is 0 Å². The summed E-state index contributed by atoms with van der Waals surface area (Å²) in [7, 11) is 0. The number of rotatable bonds is 4. The first kappa shape index (κ1) is 17.9. The fourth-order valence-electron chi connectivity index (χ4n) is 3.22. The van der Waals surface area contributed by atoms with Gasteiger partial charge >= 0.3 is 0 Å². The molecule has 0 atom stereocenters. The fourth-order valence-corrected chi connectivity index (χ4v) is 3.22. The van der Waals surface area contributed by atoms with Crippen molar-refractivity contribution in [2.75, 3.05) is 36.4 Å². The van der Waals surface area contributed by atoms with Gasteiger partial charge in [0.05, 0.1) is 11.3 Å². The summed E-state index contributed by atoms with van der Waals surface area (Å²) in [5, 5.41) is 2.94. The number of amides is 1. The number of halogens is 1. The Morgan fingerprint density at radius 1 is 0.893 bits per heavy atom. The third-order valence-corrected chi connectivity index (χ3v) is 4.71. The smallest absolute Gasteiger partial charge is 0.257 e. The van der Waals surface area contributed by atoms with Gasteiger partial charge in [0, 0.05) is 38.6 Å². The van der Waals surface area contributed by atoms with Gasteiger partial charge in [-0.15, -0.1) is 0 Å². The number of benzene rings is 1. The molecule has 1 fully saturated rings. The summed E-state index contributed by atoms with van der Waals surface area (Å²) in [4.78, 5) is 25.6. The molecular formula is C21H20FN5O. The first-order chi connectivity index (χ1) is 13.7. The molecule has 0 radical (unpaired) electrons. The number of anilines is 3. The van der Waals surface area contributed by atoms with Gasteiger partial charge in [-0.05, 0) is 36.4 Å². The number of piperazine rings is 1. The Bertz CT molecular complexity index is 958. The number of pyridine rings is 2. The fraction of sp³-hybridized carbons (Fsp3) is 0.190. The van der Waals surface area contributed by atoms with Gasteiger partial charge in [0.2, 0.25) is 0 Å². The number of nitrogens with zero attached hydrogens (tertiary/aromatic N) is 4. The van der Waals surface area contributed by atoms with E-state index in [1.165, 1.54) is 6.07 Å². The predicted molar refractivity (Wildman–Crippen MR) is 106 cm³/mol. The maximum absolute atomic E-state index is 14.0. The molecule has 0 bridgehead atoms. The number of hydrogen-bond donors (Lipinski definition) is 1. The van der Waals surface area contributed by atoms with E-state index in [9.17, 15) is 9.18 Å². The van der Waals surface area contributed by atoms with E-state index in [4.69, 9.17) is 0 Å². The Kier molecular flexibility index (Phi) is 5.14. The largest absolute Gasteiger partial charge is 0.353 e. The highest BCUT2D eigenvalue weighted by Crippen LogP contribution is 2.23. The molecule has 0 aliphatic carbocycles. The van der Waals surface area contributed by atoms with E-state index in [-0.39, 0.29) is 11.6 Å². The van der Waals surface area contributed by atoms with Crippen LogP contribution in [0, 0.1) is 5.82 Å². The molecule has 1 aliphatic heterocycles. The lowest BCUT2D eigenvalue weighted by Gasteiger charge is -2.35.